The van der Waals surface area contributed by atoms with Crippen molar-refractivity contribution in [2.24, 2.45) is 0 Å². The van der Waals surface area contributed by atoms with Gasteiger partial charge in [0.1, 0.15) is 23.7 Å². The number of carbonyl (C=O) groups excluding carboxylic acids is 4. The highest BCUT2D eigenvalue weighted by Gasteiger charge is 2.36. The minimum Gasteiger partial charge on any atom is -0.489 e. The molecule has 0 saturated carbocycles. The van der Waals surface area contributed by atoms with Crippen molar-refractivity contribution in [3.05, 3.63) is 124 Å². The van der Waals surface area contributed by atoms with Gasteiger partial charge in [-0.2, -0.15) is 0 Å². The van der Waals surface area contributed by atoms with E-state index in [2.05, 4.69) is 10.6 Å². The van der Waals surface area contributed by atoms with Crippen LogP contribution in [0.15, 0.2) is 103 Å². The molecule has 0 spiro atoms. The highest BCUT2D eigenvalue weighted by Crippen LogP contribution is 2.26. The number of benzene rings is 4. The normalized spacial score (nSPS) is 14.0. The molecule has 0 unspecified atom stereocenters. The van der Waals surface area contributed by atoms with Crippen molar-refractivity contribution >= 4 is 64.4 Å². The van der Waals surface area contributed by atoms with Gasteiger partial charge in [0.2, 0.25) is 0 Å². The number of rotatable bonds is 9. The van der Waals surface area contributed by atoms with Crippen molar-refractivity contribution in [1.29, 1.82) is 0 Å². The summed E-state index contributed by atoms with van der Waals surface area (Å²) in [5.41, 5.74) is 2.02. The first kappa shape index (κ1) is 29.4. The fourth-order valence-electron chi connectivity index (χ4n) is 4.07. The van der Waals surface area contributed by atoms with E-state index in [1.807, 2.05) is 30.3 Å². The molecule has 0 aromatic heterocycles. The lowest BCUT2D eigenvalue weighted by atomic mass is 10.1. The minimum atomic E-state index is -0.854. The van der Waals surface area contributed by atoms with Crippen LogP contribution in [0, 0.1) is 0 Å². The number of ether oxygens (including phenoxy) is 2. The number of hydrogen-bond acceptors (Lipinski definition) is 6. The molecule has 216 valence electrons. The molecule has 9 nitrogen and oxygen atoms in total. The molecular weight excluding hydrogens is 593 g/mol. The van der Waals surface area contributed by atoms with Gasteiger partial charge in [-0.3, -0.25) is 19.7 Å². The smallest absolute Gasteiger partial charge is 0.335 e. The van der Waals surface area contributed by atoms with Gasteiger partial charge in [0.25, 0.3) is 17.7 Å². The average molecular weight is 616 g/mol. The fourth-order valence-corrected chi connectivity index (χ4v) is 4.37. The van der Waals surface area contributed by atoms with Gasteiger partial charge in [-0.15, -0.1) is 0 Å². The molecule has 11 heteroatoms. The van der Waals surface area contributed by atoms with Crippen LogP contribution >= 0.6 is 23.2 Å². The summed E-state index contributed by atoms with van der Waals surface area (Å²) in [6.07, 6.45) is 1.37. The van der Waals surface area contributed by atoms with Gasteiger partial charge in [0.05, 0.1) is 15.7 Å². The molecule has 1 aliphatic rings. The third-order valence-electron chi connectivity index (χ3n) is 6.21. The highest BCUT2D eigenvalue weighted by atomic mass is 35.5. The van der Waals surface area contributed by atoms with Crippen molar-refractivity contribution in [2.45, 2.75) is 6.61 Å². The van der Waals surface area contributed by atoms with Gasteiger partial charge in [0.15, 0.2) is 6.61 Å². The van der Waals surface area contributed by atoms with Gasteiger partial charge < -0.3 is 14.8 Å². The van der Waals surface area contributed by atoms with E-state index in [1.54, 1.807) is 60.7 Å². The lowest BCUT2D eigenvalue weighted by Gasteiger charge is -2.26. The van der Waals surface area contributed by atoms with E-state index in [1.165, 1.54) is 12.1 Å². The Hall–Kier alpha value is -5.12. The van der Waals surface area contributed by atoms with Crippen LogP contribution in [0.5, 0.6) is 11.5 Å². The number of anilines is 2. The molecular formula is C32H23Cl2N3O6. The third-order valence-corrected chi connectivity index (χ3v) is 6.95. The third kappa shape index (κ3) is 7.40. The summed E-state index contributed by atoms with van der Waals surface area (Å²) >= 11 is 11.9. The second kappa shape index (κ2) is 13.2. The van der Waals surface area contributed by atoms with E-state index in [9.17, 15) is 19.2 Å². The summed E-state index contributed by atoms with van der Waals surface area (Å²) in [6.45, 7) is 0.0925. The number of imide groups is 2. The number of nitrogens with zero attached hydrogens (tertiary/aromatic N) is 1. The monoisotopic (exact) mass is 615 g/mol. The van der Waals surface area contributed by atoms with E-state index in [4.69, 9.17) is 32.7 Å². The van der Waals surface area contributed by atoms with E-state index in [-0.39, 0.29) is 17.9 Å². The Bertz CT molecular complexity index is 1710. The number of nitrogens with one attached hydrogen (secondary N) is 2. The highest BCUT2D eigenvalue weighted by molar-refractivity contribution is 6.42. The Balaban J connectivity index is 1.21. The zero-order chi connectivity index (χ0) is 30.3. The van der Waals surface area contributed by atoms with Crippen LogP contribution in [-0.4, -0.2) is 30.4 Å². The number of halogens is 2. The summed E-state index contributed by atoms with van der Waals surface area (Å²) in [5, 5.41) is 5.54. The molecule has 0 bridgehead atoms. The summed E-state index contributed by atoms with van der Waals surface area (Å²) in [4.78, 5) is 51.5. The fraction of sp³-hybridized carbons (Fsp3) is 0.0625. The molecule has 1 aliphatic heterocycles. The molecule has 1 saturated heterocycles. The van der Waals surface area contributed by atoms with Crippen LogP contribution < -0.4 is 25.0 Å². The standard InChI is InChI=1S/C32H23Cl2N3O6/c33-27-15-8-22(17-28(27)34)35-29(38)19-43-24-11-6-20(7-12-24)16-26-30(39)36-32(41)37(31(26)40)23-9-13-25(14-10-23)42-18-21-4-2-1-3-5-21/h1-17H,18-19H2,(H,35,38)(H,36,39,41)/b26-16-. The molecule has 4 aromatic carbocycles. The van der Waals surface area contributed by atoms with Crippen molar-refractivity contribution in [1.82, 2.24) is 5.32 Å². The first-order chi connectivity index (χ1) is 20.8. The van der Waals surface area contributed by atoms with Crippen LogP contribution in [0.2, 0.25) is 10.0 Å². The van der Waals surface area contributed by atoms with Crippen LogP contribution in [0.1, 0.15) is 11.1 Å². The molecule has 1 heterocycles. The van der Waals surface area contributed by atoms with Gasteiger partial charge in [-0.25, -0.2) is 9.69 Å². The lowest BCUT2D eigenvalue weighted by molar-refractivity contribution is -0.122. The van der Waals surface area contributed by atoms with Crippen LogP contribution in [0.3, 0.4) is 0 Å². The first-order valence-corrected chi connectivity index (χ1v) is 13.7. The van der Waals surface area contributed by atoms with E-state index in [0.717, 1.165) is 10.5 Å². The molecule has 0 radical (unpaired) electrons. The van der Waals surface area contributed by atoms with Crippen molar-refractivity contribution in [3.63, 3.8) is 0 Å². The predicted molar refractivity (Wildman–Crippen MR) is 163 cm³/mol. The van der Waals surface area contributed by atoms with Gasteiger partial charge in [-0.1, -0.05) is 65.7 Å². The number of urea groups is 1. The van der Waals surface area contributed by atoms with Crippen molar-refractivity contribution in [2.75, 3.05) is 16.8 Å². The maximum atomic E-state index is 13.2. The molecule has 5 amide bonds. The largest absolute Gasteiger partial charge is 0.489 e. The minimum absolute atomic E-state index is 0.223. The maximum Gasteiger partial charge on any atom is 0.335 e. The summed E-state index contributed by atoms with van der Waals surface area (Å²) in [7, 11) is 0. The van der Waals surface area contributed by atoms with Gasteiger partial charge >= 0.3 is 6.03 Å². The summed E-state index contributed by atoms with van der Waals surface area (Å²) in [5.74, 6) is -1.05. The molecule has 0 aliphatic carbocycles. The Morgan fingerprint density at radius 2 is 1.49 bits per heavy atom. The van der Waals surface area contributed by atoms with Crippen LogP contribution in [0.25, 0.3) is 6.08 Å². The van der Waals surface area contributed by atoms with E-state index >= 15 is 0 Å². The Morgan fingerprint density at radius 3 is 2.19 bits per heavy atom. The van der Waals surface area contributed by atoms with E-state index in [0.29, 0.717) is 39.4 Å². The molecule has 1 fully saturated rings. The molecule has 4 aromatic rings. The van der Waals surface area contributed by atoms with Gasteiger partial charge in [-0.05, 0) is 71.8 Å². The Morgan fingerprint density at radius 1 is 0.814 bits per heavy atom. The summed E-state index contributed by atoms with van der Waals surface area (Å²) in [6, 6.07) is 26.3. The number of amides is 5. The SMILES string of the molecule is O=C(COc1ccc(/C=C2/C(=O)NC(=O)N(c3ccc(OCc4ccccc4)cc3)C2=O)cc1)Nc1ccc(Cl)c(Cl)c1. The molecule has 2 N–H and O–H groups in total. The Kier molecular flexibility index (Phi) is 9.05. The zero-order valence-corrected chi connectivity index (χ0v) is 23.9. The number of carbonyl (C=O) groups is 4. The number of barbiturate groups is 1. The van der Waals surface area contributed by atoms with Crippen molar-refractivity contribution < 1.29 is 28.7 Å². The van der Waals surface area contributed by atoms with Crippen molar-refractivity contribution in [3.8, 4) is 11.5 Å². The predicted octanol–water partition coefficient (Wildman–Crippen LogP) is 6.26. The van der Waals surface area contributed by atoms with Crippen LogP contribution in [0.4, 0.5) is 16.2 Å². The van der Waals surface area contributed by atoms with E-state index < -0.39 is 23.8 Å². The Labute approximate surface area is 256 Å². The molecule has 0 atom stereocenters. The quantitative estimate of drug-likeness (QED) is 0.170. The van der Waals surface area contributed by atoms with Gasteiger partial charge in [0, 0.05) is 5.69 Å². The molecule has 43 heavy (non-hydrogen) atoms. The average Bonchev–Trinajstić information content (AvgIpc) is 3.00. The zero-order valence-electron chi connectivity index (χ0n) is 22.4. The second-order valence-corrected chi connectivity index (χ2v) is 10.1. The first-order valence-electron chi connectivity index (χ1n) is 12.9. The summed E-state index contributed by atoms with van der Waals surface area (Å²) < 4.78 is 11.3. The van der Waals surface area contributed by atoms with Crippen LogP contribution in [-0.2, 0) is 21.0 Å². The topological polar surface area (TPSA) is 114 Å². The second-order valence-electron chi connectivity index (χ2n) is 9.26. The number of hydrogen-bond donors (Lipinski definition) is 2. The molecule has 5 rings (SSSR count). The maximum absolute atomic E-state index is 13.2. The lowest BCUT2D eigenvalue weighted by Crippen LogP contribution is -2.54.